The summed E-state index contributed by atoms with van der Waals surface area (Å²) in [6.07, 6.45) is 1.34. The van der Waals surface area contributed by atoms with Crippen LogP contribution < -0.4 is 5.32 Å². The summed E-state index contributed by atoms with van der Waals surface area (Å²) in [5.74, 6) is -0.291. The molecule has 1 aliphatic rings. The number of piperidine rings is 1. The van der Waals surface area contributed by atoms with Crippen molar-refractivity contribution in [3.8, 4) is 0 Å². The number of benzene rings is 2. The summed E-state index contributed by atoms with van der Waals surface area (Å²) < 4.78 is 0. The first-order chi connectivity index (χ1) is 15.8. The lowest BCUT2D eigenvalue weighted by atomic mass is 9.87. The van der Waals surface area contributed by atoms with Gasteiger partial charge < -0.3 is 15.1 Å². The zero-order valence-corrected chi connectivity index (χ0v) is 20.1. The molecule has 0 spiro atoms. The summed E-state index contributed by atoms with van der Waals surface area (Å²) in [6.45, 7) is 10.2. The summed E-state index contributed by atoms with van der Waals surface area (Å²) in [6, 6.07) is 14.4. The highest BCUT2D eigenvalue weighted by atomic mass is 16.2. The molecule has 176 valence electrons. The van der Waals surface area contributed by atoms with Crippen molar-refractivity contribution >= 4 is 17.7 Å². The summed E-state index contributed by atoms with van der Waals surface area (Å²) in [5, 5.41) is 3.02. The molecule has 3 amide bonds. The third-order valence-electron chi connectivity index (χ3n) is 6.54. The average molecular weight is 450 g/mol. The molecule has 0 aliphatic carbocycles. The van der Waals surface area contributed by atoms with Crippen LogP contribution in [0.3, 0.4) is 0 Å². The molecule has 6 nitrogen and oxygen atoms in total. The molecule has 2 aromatic rings. The molecule has 1 aliphatic heterocycles. The molecule has 0 bridgehead atoms. The van der Waals surface area contributed by atoms with Crippen LogP contribution in [0.25, 0.3) is 0 Å². The smallest absolute Gasteiger partial charge is 0.253 e. The maximum Gasteiger partial charge on any atom is 0.253 e. The molecule has 1 heterocycles. The Labute approximate surface area is 197 Å². The van der Waals surface area contributed by atoms with Crippen LogP contribution in [-0.4, -0.2) is 59.7 Å². The molecule has 33 heavy (non-hydrogen) atoms. The number of carbonyl (C=O) groups is 3. The van der Waals surface area contributed by atoms with Crippen molar-refractivity contribution in [1.29, 1.82) is 0 Å². The van der Waals surface area contributed by atoms with Crippen molar-refractivity contribution in [2.75, 3.05) is 26.2 Å². The number of nitrogens with zero attached hydrogens (tertiary/aromatic N) is 2. The minimum absolute atomic E-state index is 0.0174. The number of likely N-dealkylation sites (N-methyl/N-ethyl adjacent to an activating group) is 1. The molecule has 0 radical (unpaired) electrons. The second kappa shape index (κ2) is 11.1. The number of hydrogen-bond acceptors (Lipinski definition) is 3. The Kier molecular flexibility index (Phi) is 8.26. The van der Waals surface area contributed by atoms with Gasteiger partial charge in [-0.05, 0) is 70.7 Å². The Hall–Kier alpha value is -3.15. The molecular formula is C27H35N3O3. The third-order valence-corrected chi connectivity index (χ3v) is 6.54. The van der Waals surface area contributed by atoms with Crippen molar-refractivity contribution in [1.82, 2.24) is 15.1 Å². The molecule has 1 N–H and O–H groups in total. The van der Waals surface area contributed by atoms with Crippen LogP contribution in [0.1, 0.15) is 58.5 Å². The van der Waals surface area contributed by atoms with Gasteiger partial charge in [0.15, 0.2) is 0 Å². The summed E-state index contributed by atoms with van der Waals surface area (Å²) in [5.41, 5.74) is 3.42. The Bertz CT molecular complexity index is 957. The molecule has 1 fully saturated rings. The van der Waals surface area contributed by atoms with E-state index in [1.165, 1.54) is 0 Å². The van der Waals surface area contributed by atoms with Crippen LogP contribution in [0.5, 0.6) is 0 Å². The van der Waals surface area contributed by atoms with Gasteiger partial charge in [0.05, 0.1) is 0 Å². The van der Waals surface area contributed by atoms with E-state index in [0.717, 1.165) is 11.1 Å². The summed E-state index contributed by atoms with van der Waals surface area (Å²) in [7, 11) is 0. The molecular weight excluding hydrogens is 414 g/mol. The van der Waals surface area contributed by atoms with E-state index in [0.29, 0.717) is 50.1 Å². The van der Waals surface area contributed by atoms with Crippen LogP contribution in [0.2, 0.25) is 0 Å². The Morgan fingerprint density at radius 2 is 1.36 bits per heavy atom. The van der Waals surface area contributed by atoms with E-state index >= 15 is 0 Å². The van der Waals surface area contributed by atoms with E-state index in [4.69, 9.17) is 0 Å². The van der Waals surface area contributed by atoms with Crippen LogP contribution in [0.15, 0.2) is 48.5 Å². The van der Waals surface area contributed by atoms with E-state index in [-0.39, 0.29) is 23.6 Å². The first-order valence-corrected chi connectivity index (χ1v) is 11.9. The van der Waals surface area contributed by atoms with Crippen molar-refractivity contribution in [3.05, 3.63) is 70.8 Å². The lowest BCUT2D eigenvalue weighted by Crippen LogP contribution is -2.54. The number of rotatable bonds is 7. The van der Waals surface area contributed by atoms with Gasteiger partial charge in [-0.3, -0.25) is 14.4 Å². The fourth-order valence-corrected chi connectivity index (χ4v) is 4.36. The van der Waals surface area contributed by atoms with Gasteiger partial charge in [-0.1, -0.05) is 35.4 Å². The number of amides is 3. The molecule has 2 aromatic carbocycles. The predicted octanol–water partition coefficient (Wildman–Crippen LogP) is 3.82. The SMILES string of the molecule is CCN(CC)C(=O)[C@@H](NC(=O)c1ccc(C)cc1)C1CCN(C(=O)c2ccc(C)cc2)CC1. The average Bonchev–Trinajstić information content (AvgIpc) is 2.83. The molecule has 1 atom stereocenters. The second-order valence-electron chi connectivity index (χ2n) is 8.82. The second-order valence-corrected chi connectivity index (χ2v) is 8.82. The zero-order valence-electron chi connectivity index (χ0n) is 20.1. The fourth-order valence-electron chi connectivity index (χ4n) is 4.36. The topological polar surface area (TPSA) is 69.7 Å². The largest absolute Gasteiger partial charge is 0.341 e. The minimum atomic E-state index is -0.602. The van der Waals surface area contributed by atoms with Gasteiger partial charge in [0, 0.05) is 37.3 Å². The van der Waals surface area contributed by atoms with Crippen LogP contribution >= 0.6 is 0 Å². The van der Waals surface area contributed by atoms with E-state index in [2.05, 4.69) is 5.32 Å². The zero-order chi connectivity index (χ0) is 24.0. The predicted molar refractivity (Wildman–Crippen MR) is 130 cm³/mol. The normalized spacial score (nSPS) is 15.1. The van der Waals surface area contributed by atoms with Crippen molar-refractivity contribution < 1.29 is 14.4 Å². The van der Waals surface area contributed by atoms with Gasteiger partial charge in [-0.15, -0.1) is 0 Å². The number of likely N-dealkylation sites (tertiary alicyclic amines) is 1. The van der Waals surface area contributed by atoms with Gasteiger partial charge in [0.2, 0.25) is 5.91 Å². The number of aryl methyl sites for hydroxylation is 2. The van der Waals surface area contributed by atoms with Gasteiger partial charge in [0.25, 0.3) is 11.8 Å². The quantitative estimate of drug-likeness (QED) is 0.699. The highest BCUT2D eigenvalue weighted by Crippen LogP contribution is 2.24. The van der Waals surface area contributed by atoms with E-state index in [1.54, 1.807) is 17.0 Å². The number of carbonyl (C=O) groups excluding carboxylic acids is 3. The Balaban J connectivity index is 1.72. The van der Waals surface area contributed by atoms with E-state index < -0.39 is 6.04 Å². The lowest BCUT2D eigenvalue weighted by Gasteiger charge is -2.37. The minimum Gasteiger partial charge on any atom is -0.341 e. The van der Waals surface area contributed by atoms with Crippen LogP contribution in [0.4, 0.5) is 0 Å². The Morgan fingerprint density at radius 1 is 0.879 bits per heavy atom. The monoisotopic (exact) mass is 449 g/mol. The first-order valence-electron chi connectivity index (χ1n) is 11.9. The van der Waals surface area contributed by atoms with Gasteiger partial charge in [0.1, 0.15) is 6.04 Å². The van der Waals surface area contributed by atoms with Crippen LogP contribution in [-0.2, 0) is 4.79 Å². The molecule has 0 unspecified atom stereocenters. The molecule has 3 rings (SSSR count). The maximum atomic E-state index is 13.3. The summed E-state index contributed by atoms with van der Waals surface area (Å²) >= 11 is 0. The molecule has 6 heteroatoms. The van der Waals surface area contributed by atoms with Gasteiger partial charge in [-0.25, -0.2) is 0 Å². The third kappa shape index (κ3) is 6.01. The number of hydrogen-bond donors (Lipinski definition) is 1. The Morgan fingerprint density at radius 3 is 1.85 bits per heavy atom. The molecule has 1 saturated heterocycles. The first kappa shape index (κ1) is 24.5. The fraction of sp³-hybridized carbons (Fsp3) is 0.444. The van der Waals surface area contributed by atoms with Crippen molar-refractivity contribution in [3.63, 3.8) is 0 Å². The highest BCUT2D eigenvalue weighted by molar-refractivity contribution is 5.98. The van der Waals surface area contributed by atoms with Crippen molar-refractivity contribution in [2.45, 2.75) is 46.6 Å². The van der Waals surface area contributed by atoms with E-state index in [9.17, 15) is 14.4 Å². The van der Waals surface area contributed by atoms with Gasteiger partial charge in [-0.2, -0.15) is 0 Å². The highest BCUT2D eigenvalue weighted by Gasteiger charge is 2.35. The van der Waals surface area contributed by atoms with E-state index in [1.807, 2.05) is 69.0 Å². The summed E-state index contributed by atoms with van der Waals surface area (Å²) in [4.78, 5) is 42.8. The van der Waals surface area contributed by atoms with Gasteiger partial charge >= 0.3 is 0 Å². The number of nitrogens with one attached hydrogen (secondary N) is 1. The molecule has 0 aromatic heterocycles. The maximum absolute atomic E-state index is 13.3. The lowest BCUT2D eigenvalue weighted by molar-refractivity contribution is -0.134. The van der Waals surface area contributed by atoms with Crippen LogP contribution in [0, 0.1) is 19.8 Å². The van der Waals surface area contributed by atoms with Crippen molar-refractivity contribution in [2.24, 2.45) is 5.92 Å². The molecule has 0 saturated carbocycles. The standard InChI is InChI=1S/C27H35N3O3/c1-5-29(6-2)27(33)24(28-25(31)22-11-7-19(3)8-12-22)21-15-17-30(18-16-21)26(32)23-13-9-20(4)10-14-23/h7-14,21,24H,5-6,15-18H2,1-4H3,(H,28,31)/t24-/m0/s1.